The van der Waals surface area contributed by atoms with Crippen LogP contribution in [0.1, 0.15) is 25.0 Å². The van der Waals surface area contributed by atoms with E-state index in [1.165, 1.54) is 86.1 Å². The van der Waals surface area contributed by atoms with Gasteiger partial charge in [-0.2, -0.15) is 0 Å². The number of hydrogen-bond donors (Lipinski definition) is 0. The van der Waals surface area contributed by atoms with Crippen LogP contribution in [-0.4, -0.2) is 0 Å². The molecule has 0 unspecified atom stereocenters. The Labute approximate surface area is 278 Å². The van der Waals surface area contributed by atoms with E-state index in [-0.39, 0.29) is 5.41 Å². The molecule has 2 heteroatoms. The molecule has 0 bridgehead atoms. The Kier molecular flexibility index (Phi) is 5.57. The molecule has 0 fully saturated rings. The molecule has 47 heavy (non-hydrogen) atoms. The summed E-state index contributed by atoms with van der Waals surface area (Å²) < 4.78 is 2.67. The smallest absolute Gasteiger partial charge is 0.0547 e. The summed E-state index contributed by atoms with van der Waals surface area (Å²) >= 11 is 1.91. The standard InChI is InChI=1S/C45H31NS/c1-45(2)37-18-9-7-17-34(37)43-38(45)19-11-20-39(43)46(31-24-22-28-12-3-4-14-30(28)26-31)40-27-36-33-16-8-10-21-41(33)47-44(36)42-32-15-6-5-13-29(32)23-25-35(40)42/h3-27H,1-2H3. The van der Waals surface area contributed by atoms with Crippen molar-refractivity contribution in [2.24, 2.45) is 0 Å². The topological polar surface area (TPSA) is 3.24 Å². The molecule has 0 amide bonds. The van der Waals surface area contributed by atoms with Crippen molar-refractivity contribution in [2.45, 2.75) is 19.3 Å². The number of fused-ring (bicyclic) bond motifs is 11. The zero-order valence-corrected chi connectivity index (χ0v) is 27.1. The van der Waals surface area contributed by atoms with E-state index in [0.29, 0.717) is 0 Å². The van der Waals surface area contributed by atoms with Gasteiger partial charge in [-0.15, -0.1) is 11.3 Å². The van der Waals surface area contributed by atoms with Gasteiger partial charge in [-0.1, -0.05) is 135 Å². The highest BCUT2D eigenvalue weighted by Crippen LogP contribution is 2.56. The molecule has 0 radical (unpaired) electrons. The van der Waals surface area contributed by atoms with Gasteiger partial charge in [0.2, 0.25) is 0 Å². The van der Waals surface area contributed by atoms with Gasteiger partial charge < -0.3 is 4.90 Å². The number of benzene rings is 8. The van der Waals surface area contributed by atoms with E-state index in [1.54, 1.807) is 0 Å². The fourth-order valence-electron chi connectivity index (χ4n) is 8.17. The molecule has 10 rings (SSSR count). The van der Waals surface area contributed by atoms with Gasteiger partial charge in [-0.25, -0.2) is 0 Å². The maximum absolute atomic E-state index is 2.55. The molecule has 222 valence electrons. The Morgan fingerprint density at radius 2 is 1.19 bits per heavy atom. The average Bonchev–Trinajstić information content (AvgIpc) is 3.60. The first-order valence-corrected chi connectivity index (χ1v) is 17.2. The van der Waals surface area contributed by atoms with Gasteiger partial charge in [-0.3, -0.25) is 0 Å². The summed E-state index contributed by atoms with van der Waals surface area (Å²) in [5.74, 6) is 0. The summed E-state index contributed by atoms with van der Waals surface area (Å²) in [6.45, 7) is 4.74. The number of rotatable bonds is 3. The molecule has 1 aliphatic rings. The molecular formula is C45H31NS. The normalized spacial score (nSPS) is 13.5. The molecule has 8 aromatic carbocycles. The number of thiophene rings is 1. The van der Waals surface area contributed by atoms with Crippen molar-refractivity contribution in [3.8, 4) is 11.1 Å². The fraction of sp³-hybridized carbons (Fsp3) is 0.0667. The zero-order chi connectivity index (χ0) is 31.3. The molecule has 1 aliphatic carbocycles. The third-order valence-corrected chi connectivity index (χ3v) is 11.6. The highest BCUT2D eigenvalue weighted by molar-refractivity contribution is 7.26. The van der Waals surface area contributed by atoms with E-state index in [1.807, 2.05) is 11.3 Å². The van der Waals surface area contributed by atoms with Crippen LogP contribution in [0.15, 0.2) is 152 Å². The highest BCUT2D eigenvalue weighted by atomic mass is 32.1. The van der Waals surface area contributed by atoms with Crippen LogP contribution in [0.4, 0.5) is 17.1 Å². The summed E-state index contributed by atoms with van der Waals surface area (Å²) in [4.78, 5) is 2.55. The van der Waals surface area contributed by atoms with E-state index < -0.39 is 0 Å². The summed E-state index contributed by atoms with van der Waals surface area (Å²) in [5, 5.41) is 10.3. The molecule has 1 heterocycles. The Hall–Kier alpha value is -5.44. The lowest BCUT2D eigenvalue weighted by Crippen LogP contribution is -2.16. The van der Waals surface area contributed by atoms with Crippen LogP contribution < -0.4 is 4.90 Å². The predicted octanol–water partition coefficient (Wildman–Crippen LogP) is 13.3. The molecular weight excluding hydrogens is 587 g/mol. The first kappa shape index (κ1) is 26.7. The maximum atomic E-state index is 2.55. The number of anilines is 3. The first-order chi connectivity index (χ1) is 23.1. The molecule has 0 saturated carbocycles. The average molecular weight is 618 g/mol. The van der Waals surface area contributed by atoms with Crippen molar-refractivity contribution in [1.82, 2.24) is 0 Å². The van der Waals surface area contributed by atoms with Crippen molar-refractivity contribution in [3.05, 3.63) is 163 Å². The Balaban J connectivity index is 1.39. The van der Waals surface area contributed by atoms with Gasteiger partial charge >= 0.3 is 0 Å². The maximum Gasteiger partial charge on any atom is 0.0547 e. The first-order valence-electron chi connectivity index (χ1n) is 16.4. The lowest BCUT2D eigenvalue weighted by molar-refractivity contribution is 0.660. The third kappa shape index (κ3) is 3.77. The van der Waals surface area contributed by atoms with Gasteiger partial charge in [0, 0.05) is 47.6 Å². The minimum absolute atomic E-state index is 0.0945. The van der Waals surface area contributed by atoms with Crippen LogP contribution in [0.3, 0.4) is 0 Å². The van der Waals surface area contributed by atoms with Gasteiger partial charge in [0.15, 0.2) is 0 Å². The van der Waals surface area contributed by atoms with E-state index in [2.05, 4.69) is 170 Å². The number of hydrogen-bond acceptors (Lipinski definition) is 2. The monoisotopic (exact) mass is 617 g/mol. The molecule has 0 atom stereocenters. The third-order valence-electron chi connectivity index (χ3n) is 10.4. The van der Waals surface area contributed by atoms with Crippen molar-refractivity contribution >= 4 is 80.9 Å². The lowest BCUT2D eigenvalue weighted by atomic mass is 9.82. The summed E-state index contributed by atoms with van der Waals surface area (Å²) in [7, 11) is 0. The van der Waals surface area contributed by atoms with E-state index in [9.17, 15) is 0 Å². The Morgan fingerprint density at radius 3 is 2.09 bits per heavy atom. The summed E-state index contributed by atoms with van der Waals surface area (Å²) in [6.07, 6.45) is 0. The predicted molar refractivity (Wildman–Crippen MR) is 204 cm³/mol. The van der Waals surface area contributed by atoms with E-state index >= 15 is 0 Å². The Bertz CT molecular complexity index is 2730. The summed E-state index contributed by atoms with van der Waals surface area (Å²) in [5.41, 5.74) is 8.89. The quantitative estimate of drug-likeness (QED) is 0.178. The number of nitrogens with zero attached hydrogens (tertiary/aromatic N) is 1. The van der Waals surface area contributed by atoms with E-state index in [0.717, 1.165) is 5.69 Å². The molecule has 1 aromatic heterocycles. The zero-order valence-electron chi connectivity index (χ0n) is 26.3. The van der Waals surface area contributed by atoms with E-state index in [4.69, 9.17) is 0 Å². The molecule has 0 N–H and O–H groups in total. The van der Waals surface area contributed by atoms with Gasteiger partial charge in [0.25, 0.3) is 0 Å². The second kappa shape index (κ2) is 9.78. The second-order valence-corrected chi connectivity index (χ2v) is 14.4. The van der Waals surface area contributed by atoms with Crippen LogP contribution in [0.2, 0.25) is 0 Å². The highest BCUT2D eigenvalue weighted by Gasteiger charge is 2.38. The van der Waals surface area contributed by atoms with Gasteiger partial charge in [-0.05, 0) is 68.6 Å². The van der Waals surface area contributed by atoms with Crippen molar-refractivity contribution < 1.29 is 0 Å². The molecule has 0 aliphatic heterocycles. The molecule has 0 saturated heterocycles. The van der Waals surface area contributed by atoms with Crippen LogP contribution in [0.25, 0.3) is 63.6 Å². The lowest BCUT2D eigenvalue weighted by Gasteiger charge is -2.30. The fourth-order valence-corrected chi connectivity index (χ4v) is 9.42. The Morgan fingerprint density at radius 1 is 0.489 bits per heavy atom. The van der Waals surface area contributed by atoms with Crippen LogP contribution in [0, 0.1) is 0 Å². The SMILES string of the molecule is CC1(C)c2ccccc2-c2c(N(c3ccc4ccccc4c3)c3cc4c5ccccc5sc4c4c3ccc3ccccc34)cccc21. The minimum atomic E-state index is -0.0945. The molecule has 1 nitrogen and oxygen atoms in total. The van der Waals surface area contributed by atoms with Crippen molar-refractivity contribution in [2.75, 3.05) is 4.90 Å². The van der Waals surface area contributed by atoms with Gasteiger partial charge in [0.1, 0.15) is 0 Å². The minimum Gasteiger partial charge on any atom is -0.309 e. The van der Waals surface area contributed by atoms with Crippen molar-refractivity contribution in [3.63, 3.8) is 0 Å². The largest absolute Gasteiger partial charge is 0.309 e. The molecule has 9 aromatic rings. The van der Waals surface area contributed by atoms with Crippen LogP contribution in [-0.2, 0) is 5.41 Å². The molecule has 0 spiro atoms. The van der Waals surface area contributed by atoms with Crippen LogP contribution in [0.5, 0.6) is 0 Å². The van der Waals surface area contributed by atoms with Crippen molar-refractivity contribution in [1.29, 1.82) is 0 Å². The summed E-state index contributed by atoms with van der Waals surface area (Å²) in [6, 6.07) is 56.4. The van der Waals surface area contributed by atoms with Gasteiger partial charge in [0.05, 0.1) is 11.4 Å². The van der Waals surface area contributed by atoms with Crippen LogP contribution >= 0.6 is 11.3 Å². The second-order valence-electron chi connectivity index (χ2n) is 13.3.